The van der Waals surface area contributed by atoms with E-state index >= 15 is 0 Å². The van der Waals surface area contributed by atoms with Crippen molar-refractivity contribution in [3.63, 3.8) is 0 Å². The van der Waals surface area contributed by atoms with Crippen LogP contribution in [-0.4, -0.2) is 31.2 Å². The van der Waals surface area contributed by atoms with Gasteiger partial charge in [0.25, 0.3) is 5.78 Å². The van der Waals surface area contributed by atoms with Crippen LogP contribution in [0.25, 0.3) is 17.0 Å². The van der Waals surface area contributed by atoms with Gasteiger partial charge in [-0.05, 0) is 29.3 Å². The molecule has 1 atom stereocenters. The van der Waals surface area contributed by atoms with Crippen LogP contribution in [-0.2, 0) is 5.60 Å². The summed E-state index contributed by atoms with van der Waals surface area (Å²) in [5.74, 6) is 1.25. The highest BCUT2D eigenvalue weighted by atomic mass is 32.1. The van der Waals surface area contributed by atoms with Crippen LogP contribution in [0.2, 0.25) is 0 Å². The van der Waals surface area contributed by atoms with Gasteiger partial charge in [0.05, 0.1) is 5.69 Å². The molecule has 0 bridgehead atoms. The van der Waals surface area contributed by atoms with Crippen molar-refractivity contribution in [2.24, 2.45) is 0 Å². The van der Waals surface area contributed by atoms with Gasteiger partial charge in [-0.1, -0.05) is 30.3 Å². The summed E-state index contributed by atoms with van der Waals surface area (Å²) in [6.07, 6.45) is 1.47. The molecule has 1 unspecified atom stereocenters. The minimum absolute atomic E-state index is 0.344. The van der Waals surface area contributed by atoms with Crippen LogP contribution < -0.4 is 5.32 Å². The molecule has 3 aromatic heterocycles. The molecule has 0 aliphatic carbocycles. The number of nitrogens with zero attached hydrogens (tertiary/aromatic N) is 4. The molecule has 4 aromatic rings. The van der Waals surface area contributed by atoms with Gasteiger partial charge in [0.2, 0.25) is 0 Å². The Bertz CT molecular complexity index is 979. The van der Waals surface area contributed by atoms with E-state index in [0.29, 0.717) is 12.3 Å². The van der Waals surface area contributed by atoms with Crippen molar-refractivity contribution in [1.82, 2.24) is 19.6 Å². The third kappa shape index (κ3) is 3.11. The molecule has 0 radical (unpaired) electrons. The zero-order valence-corrected chi connectivity index (χ0v) is 14.4. The quantitative estimate of drug-likeness (QED) is 0.578. The number of aliphatic hydroxyl groups is 1. The second-order valence-corrected chi connectivity index (χ2v) is 6.78. The largest absolute Gasteiger partial charge is 0.384 e. The smallest absolute Gasteiger partial charge is 0.254 e. The molecule has 25 heavy (non-hydrogen) atoms. The highest BCUT2D eigenvalue weighted by Gasteiger charge is 2.24. The van der Waals surface area contributed by atoms with E-state index in [4.69, 9.17) is 0 Å². The summed E-state index contributed by atoms with van der Waals surface area (Å²) < 4.78 is 1.64. The normalized spacial score (nSPS) is 13.7. The standard InChI is InChI=1S/C18H17N5OS/c1-18(24,14-7-8-25-10-14)11-19-16-9-15(13-5-3-2-4-6-13)22-17-20-12-21-23(16)17/h2-10,12,19,24H,11H2,1H3. The number of nitrogens with one attached hydrogen (secondary N) is 1. The van der Waals surface area contributed by atoms with Gasteiger partial charge in [0.1, 0.15) is 17.7 Å². The predicted molar refractivity (Wildman–Crippen MR) is 98.6 cm³/mol. The monoisotopic (exact) mass is 351 g/mol. The van der Waals surface area contributed by atoms with E-state index in [1.54, 1.807) is 22.8 Å². The van der Waals surface area contributed by atoms with Crippen molar-refractivity contribution in [2.45, 2.75) is 12.5 Å². The van der Waals surface area contributed by atoms with Gasteiger partial charge in [-0.2, -0.15) is 25.9 Å². The molecule has 3 heterocycles. The Morgan fingerprint density at radius 3 is 2.84 bits per heavy atom. The van der Waals surface area contributed by atoms with Crippen molar-refractivity contribution in [3.05, 3.63) is 65.1 Å². The zero-order chi connectivity index (χ0) is 17.3. The number of fused-ring (bicyclic) bond motifs is 1. The average molecular weight is 351 g/mol. The Morgan fingerprint density at radius 2 is 2.08 bits per heavy atom. The molecular weight excluding hydrogens is 334 g/mol. The summed E-state index contributed by atoms with van der Waals surface area (Å²) in [5, 5.41) is 22.1. The van der Waals surface area contributed by atoms with Crippen LogP contribution in [0.15, 0.2) is 59.6 Å². The van der Waals surface area contributed by atoms with Gasteiger partial charge in [-0.15, -0.1) is 0 Å². The summed E-state index contributed by atoms with van der Waals surface area (Å²) >= 11 is 1.57. The number of aromatic nitrogens is 4. The number of anilines is 1. The van der Waals surface area contributed by atoms with Crippen molar-refractivity contribution in [2.75, 3.05) is 11.9 Å². The summed E-state index contributed by atoms with van der Waals surface area (Å²) in [5.41, 5.74) is 1.71. The Hall–Kier alpha value is -2.77. The topological polar surface area (TPSA) is 75.3 Å². The van der Waals surface area contributed by atoms with Crippen LogP contribution in [0.5, 0.6) is 0 Å². The van der Waals surface area contributed by atoms with E-state index in [0.717, 1.165) is 22.6 Å². The van der Waals surface area contributed by atoms with E-state index in [9.17, 15) is 5.11 Å². The SMILES string of the molecule is CC(O)(CNc1cc(-c2ccccc2)nc2ncnn12)c1ccsc1. The van der Waals surface area contributed by atoms with Crippen LogP contribution in [0.4, 0.5) is 5.82 Å². The van der Waals surface area contributed by atoms with E-state index in [-0.39, 0.29) is 0 Å². The first kappa shape index (κ1) is 15.7. The molecular formula is C18H17N5OS. The maximum atomic E-state index is 10.7. The molecule has 0 fully saturated rings. The average Bonchev–Trinajstić information content (AvgIpc) is 3.32. The molecule has 1 aromatic carbocycles. The van der Waals surface area contributed by atoms with Gasteiger partial charge in [-0.25, -0.2) is 4.98 Å². The Labute approximate surface area is 148 Å². The molecule has 0 aliphatic heterocycles. The third-order valence-electron chi connectivity index (χ3n) is 4.08. The van der Waals surface area contributed by atoms with Crippen molar-refractivity contribution >= 4 is 22.9 Å². The lowest BCUT2D eigenvalue weighted by Gasteiger charge is -2.23. The van der Waals surface area contributed by atoms with Crippen LogP contribution in [0.3, 0.4) is 0 Å². The first-order valence-corrected chi connectivity index (χ1v) is 8.83. The fourth-order valence-electron chi connectivity index (χ4n) is 2.63. The minimum Gasteiger partial charge on any atom is -0.384 e. The number of hydrogen-bond donors (Lipinski definition) is 2. The molecule has 4 rings (SSSR count). The molecule has 0 spiro atoms. The van der Waals surface area contributed by atoms with Gasteiger partial charge in [0, 0.05) is 18.2 Å². The van der Waals surface area contributed by atoms with Crippen molar-refractivity contribution in [3.8, 4) is 11.3 Å². The lowest BCUT2D eigenvalue weighted by atomic mass is 9.99. The van der Waals surface area contributed by atoms with E-state index in [1.165, 1.54) is 6.33 Å². The Morgan fingerprint density at radius 1 is 1.24 bits per heavy atom. The summed E-state index contributed by atoms with van der Waals surface area (Å²) in [4.78, 5) is 8.75. The van der Waals surface area contributed by atoms with Crippen LogP contribution in [0, 0.1) is 0 Å². The van der Waals surface area contributed by atoms with E-state index in [1.807, 2.05) is 53.2 Å². The highest BCUT2D eigenvalue weighted by Crippen LogP contribution is 2.25. The Kier molecular flexibility index (Phi) is 3.95. The molecule has 0 aliphatic rings. The molecule has 0 saturated carbocycles. The third-order valence-corrected chi connectivity index (χ3v) is 4.76. The summed E-state index contributed by atoms with van der Waals surface area (Å²) in [7, 11) is 0. The maximum absolute atomic E-state index is 10.7. The number of thiophene rings is 1. The predicted octanol–water partition coefficient (Wildman–Crippen LogP) is 3.17. The Balaban J connectivity index is 1.68. The van der Waals surface area contributed by atoms with Crippen LogP contribution in [0.1, 0.15) is 12.5 Å². The molecule has 6 nitrogen and oxygen atoms in total. The summed E-state index contributed by atoms with van der Waals surface area (Å²) in [6, 6.07) is 13.8. The van der Waals surface area contributed by atoms with Gasteiger partial charge < -0.3 is 10.4 Å². The molecule has 0 saturated heterocycles. The van der Waals surface area contributed by atoms with Crippen LogP contribution >= 0.6 is 11.3 Å². The second kappa shape index (κ2) is 6.27. The maximum Gasteiger partial charge on any atom is 0.254 e. The van der Waals surface area contributed by atoms with Crippen molar-refractivity contribution in [1.29, 1.82) is 0 Å². The van der Waals surface area contributed by atoms with E-state index < -0.39 is 5.60 Å². The molecule has 2 N–H and O–H groups in total. The molecule has 0 amide bonds. The lowest BCUT2D eigenvalue weighted by molar-refractivity contribution is 0.0718. The summed E-state index contributed by atoms with van der Waals surface area (Å²) in [6.45, 7) is 2.14. The second-order valence-electron chi connectivity index (χ2n) is 6.00. The van der Waals surface area contributed by atoms with Gasteiger partial charge in [0.15, 0.2) is 0 Å². The highest BCUT2D eigenvalue weighted by molar-refractivity contribution is 7.08. The molecule has 7 heteroatoms. The lowest BCUT2D eigenvalue weighted by Crippen LogP contribution is -2.30. The zero-order valence-electron chi connectivity index (χ0n) is 13.6. The van der Waals surface area contributed by atoms with Gasteiger partial charge in [-0.3, -0.25) is 0 Å². The minimum atomic E-state index is -0.983. The fraction of sp³-hybridized carbons (Fsp3) is 0.167. The van der Waals surface area contributed by atoms with E-state index in [2.05, 4.69) is 20.4 Å². The number of hydrogen-bond acceptors (Lipinski definition) is 6. The van der Waals surface area contributed by atoms with Gasteiger partial charge >= 0.3 is 0 Å². The number of rotatable bonds is 5. The fourth-order valence-corrected chi connectivity index (χ4v) is 3.41. The first-order chi connectivity index (χ1) is 12.1. The van der Waals surface area contributed by atoms with Crippen molar-refractivity contribution < 1.29 is 5.11 Å². The molecule has 126 valence electrons. The first-order valence-electron chi connectivity index (χ1n) is 7.89. The number of benzene rings is 1.